The Bertz CT molecular complexity index is 650. The van der Waals surface area contributed by atoms with Crippen LogP contribution in [0.1, 0.15) is 13.8 Å². The van der Waals surface area contributed by atoms with Gasteiger partial charge in [0.05, 0.1) is 15.6 Å². The number of amides is 1. The van der Waals surface area contributed by atoms with Crippen molar-refractivity contribution in [1.82, 2.24) is 5.32 Å². The minimum Gasteiger partial charge on any atom is -0.359 e. The summed E-state index contributed by atoms with van der Waals surface area (Å²) in [6, 6.07) is 5.61. The first-order chi connectivity index (χ1) is 10.3. The van der Waals surface area contributed by atoms with Gasteiger partial charge in [0.15, 0.2) is 0 Å². The number of non-ortho nitro benzene ring substituents is 1. The van der Waals surface area contributed by atoms with Crippen molar-refractivity contribution in [1.29, 1.82) is 5.26 Å². The zero-order chi connectivity index (χ0) is 16.7. The lowest BCUT2D eigenvalue weighted by Crippen LogP contribution is -2.28. The smallest absolute Gasteiger partial charge is 0.271 e. The minimum absolute atomic E-state index is 0.150. The maximum Gasteiger partial charge on any atom is 0.271 e. The van der Waals surface area contributed by atoms with E-state index in [1.54, 1.807) is 6.07 Å². The molecule has 1 aromatic carbocycles. The predicted octanol–water partition coefficient (Wildman–Crippen LogP) is 2.84. The molecule has 0 unspecified atom stereocenters. The summed E-state index contributed by atoms with van der Waals surface area (Å²) in [6.07, 6.45) is 1.17. The Morgan fingerprint density at radius 3 is 2.77 bits per heavy atom. The number of rotatable bonds is 6. The van der Waals surface area contributed by atoms with Crippen LogP contribution in [0.2, 0.25) is 5.02 Å². The Hall–Kier alpha value is -2.59. The number of hydrogen-bond donors (Lipinski definition) is 2. The molecule has 0 atom stereocenters. The second-order valence-electron chi connectivity index (χ2n) is 4.84. The number of benzene rings is 1. The average Bonchev–Trinajstić information content (AvgIpc) is 2.47. The predicted molar refractivity (Wildman–Crippen MR) is 83.3 cm³/mol. The van der Waals surface area contributed by atoms with Crippen LogP contribution in [0, 0.1) is 27.4 Å². The molecule has 0 fully saturated rings. The van der Waals surface area contributed by atoms with E-state index >= 15 is 0 Å². The lowest BCUT2D eigenvalue weighted by Gasteiger charge is -2.07. The highest BCUT2D eigenvalue weighted by atomic mass is 35.5. The number of hydrogen-bond acceptors (Lipinski definition) is 5. The zero-order valence-electron chi connectivity index (χ0n) is 12.1. The van der Waals surface area contributed by atoms with E-state index < -0.39 is 10.8 Å². The highest BCUT2D eigenvalue weighted by Gasteiger charge is 2.11. The number of carbonyl (C=O) groups excluding carboxylic acids is 1. The van der Waals surface area contributed by atoms with Crippen LogP contribution in [0.25, 0.3) is 0 Å². The van der Waals surface area contributed by atoms with E-state index in [9.17, 15) is 14.9 Å². The van der Waals surface area contributed by atoms with Gasteiger partial charge >= 0.3 is 0 Å². The second-order valence-corrected chi connectivity index (χ2v) is 5.25. The molecule has 0 spiro atoms. The van der Waals surface area contributed by atoms with E-state index in [4.69, 9.17) is 16.9 Å². The number of carbonyl (C=O) groups is 1. The van der Waals surface area contributed by atoms with Crippen LogP contribution in [0.15, 0.2) is 30.0 Å². The molecule has 0 radical (unpaired) electrons. The molecule has 0 heterocycles. The monoisotopic (exact) mass is 322 g/mol. The summed E-state index contributed by atoms with van der Waals surface area (Å²) in [4.78, 5) is 21.9. The second kappa shape index (κ2) is 8.00. The number of nitrogens with zero attached hydrogens (tertiary/aromatic N) is 2. The molecule has 0 aliphatic heterocycles. The summed E-state index contributed by atoms with van der Waals surface area (Å²) in [5, 5.41) is 25.2. The van der Waals surface area contributed by atoms with Crippen molar-refractivity contribution in [2.75, 3.05) is 11.9 Å². The van der Waals surface area contributed by atoms with E-state index in [-0.39, 0.29) is 27.9 Å². The van der Waals surface area contributed by atoms with Crippen molar-refractivity contribution < 1.29 is 9.72 Å². The molecule has 116 valence electrons. The Balaban J connectivity index is 2.89. The minimum atomic E-state index is -0.564. The summed E-state index contributed by atoms with van der Waals surface area (Å²) < 4.78 is 0. The van der Waals surface area contributed by atoms with Crippen LogP contribution >= 0.6 is 11.6 Å². The average molecular weight is 323 g/mol. The molecule has 0 saturated carbocycles. The number of nitrogens with one attached hydrogen (secondary N) is 2. The lowest BCUT2D eigenvalue weighted by molar-refractivity contribution is -0.384. The van der Waals surface area contributed by atoms with Crippen molar-refractivity contribution in [3.8, 4) is 6.07 Å². The Labute approximate surface area is 132 Å². The molecule has 0 bridgehead atoms. The standard InChI is InChI=1S/C14H15ClN4O3/c1-9(2)7-18-14(20)10(6-16)8-17-13-5-11(19(21)22)3-4-12(13)15/h3-5,8-9,17H,7H2,1-2H3,(H,18,20)/b10-8-. The van der Waals surface area contributed by atoms with Gasteiger partial charge in [0.25, 0.3) is 11.6 Å². The van der Waals surface area contributed by atoms with Crippen molar-refractivity contribution in [3.05, 3.63) is 45.1 Å². The highest BCUT2D eigenvalue weighted by molar-refractivity contribution is 6.33. The molecule has 8 heteroatoms. The third-order valence-electron chi connectivity index (χ3n) is 2.57. The third kappa shape index (κ3) is 5.07. The molecule has 2 N–H and O–H groups in total. The fourth-order valence-corrected chi connectivity index (χ4v) is 1.60. The van der Waals surface area contributed by atoms with Crippen LogP contribution in [0.3, 0.4) is 0 Å². The summed E-state index contributed by atoms with van der Waals surface area (Å²) in [5.74, 6) is -0.270. The Kier molecular flexibility index (Phi) is 6.35. The molecule has 0 aromatic heterocycles. The van der Waals surface area contributed by atoms with Gasteiger partial charge in [-0.3, -0.25) is 14.9 Å². The number of nitriles is 1. The molecule has 22 heavy (non-hydrogen) atoms. The van der Waals surface area contributed by atoms with E-state index in [0.29, 0.717) is 6.54 Å². The lowest BCUT2D eigenvalue weighted by atomic mass is 10.2. The van der Waals surface area contributed by atoms with Gasteiger partial charge in [-0.25, -0.2) is 0 Å². The van der Waals surface area contributed by atoms with Crippen molar-refractivity contribution >= 4 is 28.9 Å². The quantitative estimate of drug-likeness (QED) is 0.362. The number of nitro groups is 1. The van der Waals surface area contributed by atoms with Gasteiger partial charge in [-0.05, 0) is 12.0 Å². The first-order valence-electron chi connectivity index (χ1n) is 6.44. The van der Waals surface area contributed by atoms with E-state index in [2.05, 4.69) is 10.6 Å². The van der Waals surface area contributed by atoms with Crippen LogP contribution in [0.4, 0.5) is 11.4 Å². The van der Waals surface area contributed by atoms with E-state index in [1.165, 1.54) is 24.4 Å². The normalized spacial score (nSPS) is 11.0. The first kappa shape index (κ1) is 17.5. The molecule has 0 saturated heterocycles. The molecule has 1 rings (SSSR count). The largest absolute Gasteiger partial charge is 0.359 e. The van der Waals surface area contributed by atoms with Crippen molar-refractivity contribution in [3.63, 3.8) is 0 Å². The Morgan fingerprint density at radius 2 is 2.23 bits per heavy atom. The van der Waals surface area contributed by atoms with Crippen LogP contribution in [-0.4, -0.2) is 17.4 Å². The van der Waals surface area contributed by atoms with Gasteiger partial charge < -0.3 is 10.6 Å². The van der Waals surface area contributed by atoms with E-state index in [0.717, 1.165) is 0 Å². The number of nitro benzene ring substituents is 1. The zero-order valence-corrected chi connectivity index (χ0v) is 12.8. The Morgan fingerprint density at radius 1 is 1.55 bits per heavy atom. The molecular weight excluding hydrogens is 308 g/mol. The first-order valence-corrected chi connectivity index (χ1v) is 6.82. The van der Waals surface area contributed by atoms with Crippen molar-refractivity contribution in [2.24, 2.45) is 5.92 Å². The van der Waals surface area contributed by atoms with Gasteiger partial charge in [0, 0.05) is 24.9 Å². The number of anilines is 1. The molecule has 0 aliphatic carbocycles. The summed E-state index contributed by atoms with van der Waals surface area (Å²) >= 11 is 5.91. The number of halogens is 1. The SMILES string of the molecule is CC(C)CNC(=O)/C(C#N)=C\Nc1cc([N+](=O)[O-])ccc1Cl. The van der Waals surface area contributed by atoms with Gasteiger partial charge in [-0.15, -0.1) is 0 Å². The van der Waals surface area contributed by atoms with E-state index in [1.807, 2.05) is 13.8 Å². The molecule has 1 amide bonds. The summed E-state index contributed by atoms with van der Waals surface area (Å²) in [6.45, 7) is 4.30. The van der Waals surface area contributed by atoms with Crippen LogP contribution in [-0.2, 0) is 4.79 Å². The molecule has 1 aromatic rings. The maximum absolute atomic E-state index is 11.8. The van der Waals surface area contributed by atoms with Gasteiger partial charge in [0.2, 0.25) is 0 Å². The maximum atomic E-state index is 11.8. The van der Waals surface area contributed by atoms with Crippen molar-refractivity contribution in [2.45, 2.75) is 13.8 Å². The third-order valence-corrected chi connectivity index (χ3v) is 2.90. The fourth-order valence-electron chi connectivity index (χ4n) is 1.43. The van der Waals surface area contributed by atoms with Crippen LogP contribution in [0.5, 0.6) is 0 Å². The van der Waals surface area contributed by atoms with Crippen LogP contribution < -0.4 is 10.6 Å². The topological polar surface area (TPSA) is 108 Å². The molecule has 0 aliphatic rings. The van der Waals surface area contributed by atoms with Gasteiger partial charge in [-0.1, -0.05) is 25.4 Å². The molecular formula is C14H15ClN4O3. The summed E-state index contributed by atoms with van der Waals surface area (Å²) in [5.41, 5.74) is -0.0634. The van der Waals surface area contributed by atoms with Gasteiger partial charge in [-0.2, -0.15) is 5.26 Å². The summed E-state index contributed by atoms with van der Waals surface area (Å²) in [7, 11) is 0. The highest BCUT2D eigenvalue weighted by Crippen LogP contribution is 2.26. The van der Waals surface area contributed by atoms with Gasteiger partial charge in [0.1, 0.15) is 11.6 Å². The fraction of sp³-hybridized carbons (Fsp3) is 0.286. The molecule has 7 nitrogen and oxygen atoms in total.